The molecule has 0 bridgehead atoms. The molecule has 2 aromatic carbocycles. The van der Waals surface area contributed by atoms with E-state index in [0.29, 0.717) is 13.2 Å². The lowest BCUT2D eigenvalue weighted by atomic mass is 10.0. The van der Waals surface area contributed by atoms with Crippen LogP contribution in [0.15, 0.2) is 53.6 Å². The maximum atomic E-state index is 5.82. The first-order chi connectivity index (χ1) is 11.2. The summed E-state index contributed by atoms with van der Waals surface area (Å²) in [4.78, 5) is 0. The Bertz CT molecular complexity index is 677. The van der Waals surface area contributed by atoms with Crippen LogP contribution in [0.25, 0.3) is 0 Å². The molecule has 0 aromatic heterocycles. The summed E-state index contributed by atoms with van der Waals surface area (Å²) >= 11 is 0. The summed E-state index contributed by atoms with van der Waals surface area (Å²) < 4.78 is 5.52. The summed E-state index contributed by atoms with van der Waals surface area (Å²) in [6, 6.07) is 16.9. The molecule has 0 aliphatic carbocycles. The molecule has 4 heteroatoms. The molecule has 1 atom stereocenters. The van der Waals surface area contributed by atoms with Crippen molar-refractivity contribution >= 4 is 11.4 Å². The third-order valence-electron chi connectivity index (χ3n) is 4.08. The van der Waals surface area contributed by atoms with Crippen LogP contribution in [0.5, 0.6) is 5.75 Å². The molecule has 0 saturated heterocycles. The molecule has 4 nitrogen and oxygen atoms in total. The lowest BCUT2D eigenvalue weighted by Crippen LogP contribution is -2.18. The number of nitrogens with two attached hydrogens (primary N) is 1. The van der Waals surface area contributed by atoms with Gasteiger partial charge in [0, 0.05) is 13.0 Å². The minimum atomic E-state index is 0.201. The first-order valence-electron chi connectivity index (χ1n) is 8.06. The van der Waals surface area contributed by atoms with Gasteiger partial charge in [-0.25, -0.2) is 0 Å². The number of hydrogen-bond donors (Lipinski definition) is 1. The number of hydrogen-bond acceptors (Lipinski definition) is 4. The van der Waals surface area contributed by atoms with Crippen LogP contribution in [0.2, 0.25) is 0 Å². The number of rotatable bonds is 5. The smallest absolute Gasteiger partial charge is 0.119 e. The molecule has 1 aliphatic heterocycles. The molecule has 0 amide bonds. The van der Waals surface area contributed by atoms with Crippen molar-refractivity contribution in [2.45, 2.75) is 26.3 Å². The molecule has 0 spiro atoms. The minimum absolute atomic E-state index is 0.201. The van der Waals surface area contributed by atoms with Crippen LogP contribution in [0.4, 0.5) is 5.69 Å². The van der Waals surface area contributed by atoms with E-state index in [-0.39, 0.29) is 6.04 Å². The predicted octanol–water partition coefficient (Wildman–Crippen LogP) is 3.66. The standard InChI is InChI=1S/C19H23N3O/c1-3-23-18-10-8-17(9-11-18)22-19(12-16(13-20)21-22)15-6-4-14(2)5-7-15/h4-11,19H,3,12-13,20H2,1-2H3. The number of aryl methyl sites for hydroxylation is 1. The summed E-state index contributed by atoms with van der Waals surface area (Å²) in [5.74, 6) is 0.880. The van der Waals surface area contributed by atoms with Gasteiger partial charge < -0.3 is 10.5 Å². The maximum Gasteiger partial charge on any atom is 0.119 e. The molecule has 1 aliphatic rings. The minimum Gasteiger partial charge on any atom is -0.494 e. The van der Waals surface area contributed by atoms with E-state index >= 15 is 0 Å². The molecule has 3 rings (SSSR count). The zero-order valence-electron chi connectivity index (χ0n) is 13.7. The van der Waals surface area contributed by atoms with Crippen molar-refractivity contribution in [1.82, 2.24) is 0 Å². The topological polar surface area (TPSA) is 50.8 Å². The van der Waals surface area contributed by atoms with Gasteiger partial charge in [-0.2, -0.15) is 5.10 Å². The highest BCUT2D eigenvalue weighted by molar-refractivity contribution is 5.90. The summed E-state index contributed by atoms with van der Waals surface area (Å²) in [6.45, 7) is 5.25. The van der Waals surface area contributed by atoms with Gasteiger partial charge in [0.05, 0.1) is 24.0 Å². The van der Waals surface area contributed by atoms with Gasteiger partial charge >= 0.3 is 0 Å². The van der Waals surface area contributed by atoms with Crippen LogP contribution in [0.3, 0.4) is 0 Å². The normalized spacial score (nSPS) is 17.3. The van der Waals surface area contributed by atoms with Gasteiger partial charge in [-0.15, -0.1) is 0 Å². The van der Waals surface area contributed by atoms with E-state index < -0.39 is 0 Å². The Hall–Kier alpha value is -2.33. The van der Waals surface area contributed by atoms with Crippen molar-refractivity contribution in [3.05, 3.63) is 59.7 Å². The number of benzene rings is 2. The second kappa shape index (κ2) is 6.84. The van der Waals surface area contributed by atoms with Gasteiger partial charge in [-0.1, -0.05) is 29.8 Å². The lowest BCUT2D eigenvalue weighted by molar-refractivity contribution is 0.340. The second-order valence-electron chi connectivity index (χ2n) is 5.77. The Morgan fingerprint density at radius 3 is 2.43 bits per heavy atom. The van der Waals surface area contributed by atoms with Gasteiger partial charge in [0.15, 0.2) is 0 Å². The molecule has 1 heterocycles. The zero-order valence-corrected chi connectivity index (χ0v) is 13.7. The van der Waals surface area contributed by atoms with E-state index in [4.69, 9.17) is 15.6 Å². The maximum absolute atomic E-state index is 5.82. The highest BCUT2D eigenvalue weighted by Crippen LogP contribution is 2.35. The second-order valence-corrected chi connectivity index (χ2v) is 5.77. The fourth-order valence-corrected chi connectivity index (χ4v) is 2.84. The van der Waals surface area contributed by atoms with Crippen LogP contribution in [0.1, 0.15) is 30.5 Å². The molecule has 2 N–H and O–H groups in total. The van der Waals surface area contributed by atoms with Gasteiger partial charge in [-0.3, -0.25) is 5.01 Å². The van der Waals surface area contributed by atoms with Crippen molar-refractivity contribution in [3.63, 3.8) is 0 Å². The van der Waals surface area contributed by atoms with Gasteiger partial charge in [-0.05, 0) is 43.7 Å². The van der Waals surface area contributed by atoms with E-state index in [1.807, 2.05) is 19.1 Å². The SMILES string of the molecule is CCOc1ccc(N2N=C(CN)CC2c2ccc(C)cc2)cc1. The Kier molecular flexibility index (Phi) is 4.63. The third-order valence-corrected chi connectivity index (χ3v) is 4.08. The van der Waals surface area contributed by atoms with Crippen molar-refractivity contribution in [3.8, 4) is 5.75 Å². The highest BCUT2D eigenvalue weighted by Gasteiger charge is 2.28. The fraction of sp³-hybridized carbons (Fsp3) is 0.316. The Morgan fingerprint density at radius 2 is 1.83 bits per heavy atom. The van der Waals surface area contributed by atoms with Crippen LogP contribution >= 0.6 is 0 Å². The van der Waals surface area contributed by atoms with E-state index in [2.05, 4.69) is 48.3 Å². The number of ether oxygens (including phenoxy) is 1. The molecule has 0 fully saturated rings. The van der Waals surface area contributed by atoms with Crippen LogP contribution in [-0.4, -0.2) is 18.9 Å². The predicted molar refractivity (Wildman–Crippen MR) is 95.1 cm³/mol. The van der Waals surface area contributed by atoms with Gasteiger partial charge in [0.25, 0.3) is 0 Å². The number of hydrazone groups is 1. The zero-order chi connectivity index (χ0) is 16.2. The molecule has 120 valence electrons. The van der Waals surface area contributed by atoms with E-state index in [0.717, 1.165) is 23.6 Å². The Morgan fingerprint density at radius 1 is 1.13 bits per heavy atom. The number of anilines is 1. The molecule has 0 radical (unpaired) electrons. The number of nitrogens with zero attached hydrogens (tertiary/aromatic N) is 2. The van der Waals surface area contributed by atoms with Crippen molar-refractivity contribution in [2.75, 3.05) is 18.2 Å². The monoisotopic (exact) mass is 309 g/mol. The van der Waals surface area contributed by atoms with Crippen LogP contribution in [-0.2, 0) is 0 Å². The lowest BCUT2D eigenvalue weighted by Gasteiger charge is -2.24. The van der Waals surface area contributed by atoms with Crippen molar-refractivity contribution in [2.24, 2.45) is 10.8 Å². The van der Waals surface area contributed by atoms with E-state index in [9.17, 15) is 0 Å². The molecular formula is C19H23N3O. The summed E-state index contributed by atoms with van der Waals surface area (Å²) in [5.41, 5.74) is 10.4. The summed E-state index contributed by atoms with van der Waals surface area (Å²) in [5, 5.41) is 6.79. The first kappa shape index (κ1) is 15.6. The van der Waals surface area contributed by atoms with E-state index in [1.54, 1.807) is 0 Å². The average Bonchev–Trinajstić information content (AvgIpc) is 3.01. The first-order valence-corrected chi connectivity index (χ1v) is 8.06. The van der Waals surface area contributed by atoms with Crippen LogP contribution < -0.4 is 15.5 Å². The Balaban J connectivity index is 1.89. The summed E-state index contributed by atoms with van der Waals surface area (Å²) in [6.07, 6.45) is 0.868. The third kappa shape index (κ3) is 3.37. The van der Waals surface area contributed by atoms with Gasteiger partial charge in [0.2, 0.25) is 0 Å². The molecular weight excluding hydrogens is 286 g/mol. The quantitative estimate of drug-likeness (QED) is 0.917. The summed E-state index contributed by atoms with van der Waals surface area (Å²) in [7, 11) is 0. The largest absolute Gasteiger partial charge is 0.494 e. The molecule has 1 unspecified atom stereocenters. The van der Waals surface area contributed by atoms with E-state index in [1.165, 1.54) is 11.1 Å². The Labute approximate surface area is 137 Å². The van der Waals surface area contributed by atoms with Crippen LogP contribution in [0, 0.1) is 6.92 Å². The fourth-order valence-electron chi connectivity index (χ4n) is 2.84. The molecule has 0 saturated carbocycles. The van der Waals surface area contributed by atoms with Crippen molar-refractivity contribution < 1.29 is 4.74 Å². The molecule has 2 aromatic rings. The van der Waals surface area contributed by atoms with Gasteiger partial charge in [0.1, 0.15) is 5.75 Å². The molecule has 23 heavy (non-hydrogen) atoms. The highest BCUT2D eigenvalue weighted by atomic mass is 16.5. The average molecular weight is 309 g/mol. The van der Waals surface area contributed by atoms with Crippen molar-refractivity contribution in [1.29, 1.82) is 0 Å².